The maximum absolute atomic E-state index is 11.2. The average Bonchev–Trinajstić information content (AvgIpc) is 1.75. The van der Waals surface area contributed by atoms with Crippen molar-refractivity contribution in [2.45, 2.75) is 41.5 Å². The first-order chi connectivity index (χ1) is 6.39. The fourth-order valence-corrected chi connectivity index (χ4v) is 2.43. The van der Waals surface area contributed by atoms with Crippen LogP contribution in [0.5, 0.6) is 0 Å². The summed E-state index contributed by atoms with van der Waals surface area (Å²) in [6.45, 7) is 9.36. The molecule has 4 nitrogen and oxygen atoms in total. The molecule has 0 aliphatic rings. The van der Waals surface area contributed by atoms with E-state index < -0.39 is 28.2 Å². The molecular formula is C11H18LiNaO4. The maximum atomic E-state index is 11.2. The molecule has 0 unspecified atom stereocenters. The summed E-state index contributed by atoms with van der Waals surface area (Å²) in [6.07, 6.45) is 0. The molecule has 0 heterocycles. The van der Waals surface area contributed by atoms with Gasteiger partial charge in [-0.3, -0.25) is 0 Å². The van der Waals surface area contributed by atoms with E-state index in [0.29, 0.717) is 0 Å². The van der Waals surface area contributed by atoms with Crippen LogP contribution in [-0.2, 0) is 9.59 Å². The van der Waals surface area contributed by atoms with Gasteiger partial charge in [-0.15, -0.1) is 0 Å². The van der Waals surface area contributed by atoms with Gasteiger partial charge in [-0.05, 0) is 10.8 Å². The molecule has 0 fully saturated rings. The van der Waals surface area contributed by atoms with Crippen LogP contribution in [-0.4, -0.2) is 11.9 Å². The standard InChI is InChI=1S/C11H20O4.Li.Na/c1-9(2,3)11(7(12)13,8(14)15)10(4,5)6;;/h1-6H3,(H,12,13)(H,14,15);;/q;2*+1/p-2. The van der Waals surface area contributed by atoms with Crippen molar-refractivity contribution >= 4 is 11.9 Å². The normalized spacial score (nSPS) is 12.1. The van der Waals surface area contributed by atoms with Gasteiger partial charge in [0.1, 0.15) is 0 Å². The minimum Gasteiger partial charge on any atom is -0.549 e. The number of hydrogen-bond acceptors (Lipinski definition) is 4. The molecule has 88 valence electrons. The van der Waals surface area contributed by atoms with E-state index in [4.69, 9.17) is 0 Å². The number of carbonyl (C=O) groups excluding carboxylic acids is 2. The van der Waals surface area contributed by atoms with Crippen molar-refractivity contribution in [2.75, 3.05) is 0 Å². The smallest absolute Gasteiger partial charge is 0.549 e. The van der Waals surface area contributed by atoms with Gasteiger partial charge in [-0.2, -0.15) is 0 Å². The van der Waals surface area contributed by atoms with E-state index in [1.54, 1.807) is 41.5 Å². The third-order valence-corrected chi connectivity index (χ3v) is 2.86. The van der Waals surface area contributed by atoms with Gasteiger partial charge in [-0.1, -0.05) is 41.5 Å². The van der Waals surface area contributed by atoms with Gasteiger partial charge < -0.3 is 19.8 Å². The molecule has 0 aliphatic heterocycles. The summed E-state index contributed by atoms with van der Waals surface area (Å²) in [5, 5.41) is 22.4. The van der Waals surface area contributed by atoms with Crippen molar-refractivity contribution in [3.05, 3.63) is 0 Å². The zero-order valence-electron chi connectivity index (χ0n) is 12.1. The quantitative estimate of drug-likeness (QED) is 0.357. The molecular weight excluding hydrogens is 226 g/mol. The second-order valence-electron chi connectivity index (χ2n) is 5.82. The molecule has 0 aliphatic carbocycles. The summed E-state index contributed by atoms with van der Waals surface area (Å²) in [5.74, 6) is -3.19. The number of carboxylic acids is 2. The van der Waals surface area contributed by atoms with Crippen molar-refractivity contribution in [1.82, 2.24) is 0 Å². The van der Waals surface area contributed by atoms with Crippen LogP contribution >= 0.6 is 0 Å². The van der Waals surface area contributed by atoms with Gasteiger partial charge in [0.25, 0.3) is 0 Å². The molecule has 0 spiro atoms. The first kappa shape index (κ1) is 22.7. The van der Waals surface area contributed by atoms with Crippen molar-refractivity contribution in [3.8, 4) is 0 Å². The Morgan fingerprint density at radius 2 is 0.941 bits per heavy atom. The fourth-order valence-electron chi connectivity index (χ4n) is 2.43. The first-order valence-electron chi connectivity index (χ1n) is 4.82. The second-order valence-corrected chi connectivity index (χ2v) is 5.82. The third-order valence-electron chi connectivity index (χ3n) is 2.86. The summed E-state index contributed by atoms with van der Waals surface area (Å²) >= 11 is 0. The summed E-state index contributed by atoms with van der Waals surface area (Å²) < 4.78 is 0. The predicted octanol–water partition coefficient (Wildman–Crippen LogP) is -6.43. The van der Waals surface area contributed by atoms with Crippen molar-refractivity contribution < 1.29 is 68.2 Å². The minimum atomic E-state index is -2.01. The molecule has 0 atom stereocenters. The number of rotatable bonds is 2. The topological polar surface area (TPSA) is 80.3 Å². The summed E-state index contributed by atoms with van der Waals surface area (Å²) in [5.41, 5.74) is -3.98. The molecule has 0 aromatic heterocycles. The molecule has 6 heteroatoms. The van der Waals surface area contributed by atoms with E-state index in [-0.39, 0.29) is 48.4 Å². The van der Waals surface area contributed by atoms with Crippen molar-refractivity contribution in [3.63, 3.8) is 0 Å². The molecule has 0 aromatic carbocycles. The number of carboxylic acid groups (broad SMARTS) is 2. The molecule has 0 radical (unpaired) electrons. The molecule has 0 saturated carbocycles. The maximum Gasteiger partial charge on any atom is 1.00 e. The number of hydrogen-bond donors (Lipinski definition) is 0. The molecule has 0 N–H and O–H groups in total. The minimum absolute atomic E-state index is 0. The van der Waals surface area contributed by atoms with Crippen LogP contribution in [0.2, 0.25) is 0 Å². The number of carbonyl (C=O) groups is 2. The fraction of sp³-hybridized carbons (Fsp3) is 0.818. The molecule has 0 rings (SSSR count). The van der Waals surface area contributed by atoms with Crippen LogP contribution in [0.3, 0.4) is 0 Å². The molecule has 17 heavy (non-hydrogen) atoms. The molecule has 0 aromatic rings. The molecule has 0 amide bonds. The van der Waals surface area contributed by atoms with E-state index in [1.807, 2.05) is 0 Å². The van der Waals surface area contributed by atoms with E-state index in [9.17, 15) is 19.8 Å². The van der Waals surface area contributed by atoms with Crippen molar-refractivity contribution in [1.29, 1.82) is 0 Å². The van der Waals surface area contributed by atoms with Crippen LogP contribution in [0.15, 0.2) is 0 Å². The van der Waals surface area contributed by atoms with E-state index in [1.165, 1.54) is 0 Å². The van der Waals surface area contributed by atoms with Gasteiger partial charge in [-0.25, -0.2) is 0 Å². The number of aliphatic carboxylic acids is 2. The zero-order chi connectivity index (χ0) is 12.7. The predicted molar refractivity (Wildman–Crippen MR) is 51.4 cm³/mol. The largest absolute Gasteiger partial charge is 1.00 e. The van der Waals surface area contributed by atoms with Gasteiger partial charge >= 0.3 is 48.4 Å². The van der Waals surface area contributed by atoms with E-state index in [0.717, 1.165) is 0 Å². The van der Waals surface area contributed by atoms with Gasteiger partial charge in [0, 0.05) is 0 Å². The summed E-state index contributed by atoms with van der Waals surface area (Å²) in [6, 6.07) is 0. The van der Waals surface area contributed by atoms with Crippen LogP contribution in [0.1, 0.15) is 41.5 Å². The Labute approximate surface area is 137 Å². The first-order valence-corrected chi connectivity index (χ1v) is 4.82. The van der Waals surface area contributed by atoms with Crippen LogP contribution in [0, 0.1) is 16.2 Å². The van der Waals surface area contributed by atoms with E-state index >= 15 is 0 Å². The summed E-state index contributed by atoms with van der Waals surface area (Å²) in [4.78, 5) is 22.4. The van der Waals surface area contributed by atoms with Crippen molar-refractivity contribution in [2.24, 2.45) is 16.2 Å². The van der Waals surface area contributed by atoms with Crippen LogP contribution in [0.25, 0.3) is 0 Å². The van der Waals surface area contributed by atoms with Gasteiger partial charge in [0.15, 0.2) is 0 Å². The average molecular weight is 244 g/mol. The Morgan fingerprint density at radius 3 is 0.941 bits per heavy atom. The Hall–Kier alpha value is 0.537. The van der Waals surface area contributed by atoms with Gasteiger partial charge in [0.2, 0.25) is 0 Å². The van der Waals surface area contributed by atoms with Gasteiger partial charge in [0.05, 0.1) is 17.4 Å². The second kappa shape index (κ2) is 6.63. The van der Waals surface area contributed by atoms with Crippen LogP contribution in [0.4, 0.5) is 0 Å². The SMILES string of the molecule is CC(C)(C)C(C(=O)[O-])(C(=O)[O-])C(C)(C)C.[Li+].[Na+]. The van der Waals surface area contributed by atoms with Crippen LogP contribution < -0.4 is 58.6 Å². The Morgan fingerprint density at radius 1 is 0.765 bits per heavy atom. The molecule has 0 saturated heterocycles. The Balaban J connectivity index is -0.000000980. The third kappa shape index (κ3) is 3.75. The Kier molecular flexibility index (Phi) is 8.85. The summed E-state index contributed by atoms with van der Waals surface area (Å²) in [7, 11) is 0. The zero-order valence-corrected chi connectivity index (χ0v) is 14.1. The Bertz CT molecular complexity index is 259. The molecule has 0 bridgehead atoms. The monoisotopic (exact) mass is 244 g/mol. The van der Waals surface area contributed by atoms with E-state index in [2.05, 4.69) is 0 Å².